The van der Waals surface area contributed by atoms with Gasteiger partial charge in [0.25, 0.3) is 0 Å². The third-order valence-corrected chi connectivity index (χ3v) is 5.41. The molecule has 1 heterocycles. The number of halogens is 1. The lowest BCUT2D eigenvalue weighted by Gasteiger charge is -2.32. The molecule has 0 atom stereocenters. The van der Waals surface area contributed by atoms with Gasteiger partial charge in [0.2, 0.25) is 0 Å². The first-order valence-corrected chi connectivity index (χ1v) is 10.2. The van der Waals surface area contributed by atoms with Crippen LogP contribution < -0.4 is 9.47 Å². The van der Waals surface area contributed by atoms with Crippen molar-refractivity contribution in [1.82, 2.24) is 4.90 Å². The van der Waals surface area contributed by atoms with Crippen molar-refractivity contribution in [2.24, 2.45) is 0 Å². The summed E-state index contributed by atoms with van der Waals surface area (Å²) in [6, 6.07) is 24.6. The molecule has 0 spiro atoms. The van der Waals surface area contributed by atoms with Gasteiger partial charge < -0.3 is 9.47 Å². The highest BCUT2D eigenvalue weighted by atomic mass is 19.1. The third-order valence-electron chi connectivity index (χ3n) is 5.41. The van der Waals surface area contributed by atoms with Gasteiger partial charge in [-0.05, 0) is 85.9 Å². The quantitative estimate of drug-likeness (QED) is 0.502. The van der Waals surface area contributed by atoms with Gasteiger partial charge >= 0.3 is 0 Å². The highest BCUT2D eigenvalue weighted by Crippen LogP contribution is 2.30. The van der Waals surface area contributed by atoms with Crippen molar-refractivity contribution in [2.45, 2.75) is 18.8 Å². The molecule has 29 heavy (non-hydrogen) atoms. The summed E-state index contributed by atoms with van der Waals surface area (Å²) in [5.74, 6) is 2.81. The summed E-state index contributed by atoms with van der Waals surface area (Å²) < 4.78 is 24.5. The van der Waals surface area contributed by atoms with E-state index in [0.717, 1.165) is 49.7 Å². The number of para-hydroxylation sites is 1. The Morgan fingerprint density at radius 2 is 1.38 bits per heavy atom. The molecule has 1 saturated heterocycles. The van der Waals surface area contributed by atoms with Crippen molar-refractivity contribution in [2.75, 3.05) is 26.2 Å². The molecule has 3 aromatic rings. The van der Waals surface area contributed by atoms with E-state index in [1.54, 1.807) is 12.1 Å². The van der Waals surface area contributed by atoms with Crippen LogP contribution in [-0.2, 0) is 0 Å². The predicted molar refractivity (Wildman–Crippen MR) is 113 cm³/mol. The van der Waals surface area contributed by atoms with Crippen LogP contribution in [0.25, 0.3) is 0 Å². The summed E-state index contributed by atoms with van der Waals surface area (Å²) in [7, 11) is 0. The van der Waals surface area contributed by atoms with Crippen molar-refractivity contribution >= 4 is 0 Å². The fraction of sp³-hybridized carbons (Fsp3) is 0.280. The molecule has 3 nitrogen and oxygen atoms in total. The van der Waals surface area contributed by atoms with Crippen LogP contribution in [0.2, 0.25) is 0 Å². The van der Waals surface area contributed by atoms with Crippen molar-refractivity contribution in [3.8, 4) is 17.2 Å². The highest BCUT2D eigenvalue weighted by molar-refractivity contribution is 5.34. The van der Waals surface area contributed by atoms with Crippen LogP contribution in [-0.4, -0.2) is 31.1 Å². The fourth-order valence-corrected chi connectivity index (χ4v) is 3.75. The fourth-order valence-electron chi connectivity index (χ4n) is 3.75. The van der Waals surface area contributed by atoms with Crippen LogP contribution in [0.1, 0.15) is 24.3 Å². The number of hydrogen-bond donors (Lipinski definition) is 0. The Balaban J connectivity index is 1.21. The van der Waals surface area contributed by atoms with Crippen molar-refractivity contribution in [3.05, 3.63) is 90.2 Å². The average molecular weight is 391 g/mol. The SMILES string of the molecule is Fc1ccc(OCCN2CCC(c3ccc(Oc4ccccc4)cc3)CC2)cc1. The average Bonchev–Trinajstić information content (AvgIpc) is 2.77. The Morgan fingerprint density at radius 1 is 0.759 bits per heavy atom. The monoisotopic (exact) mass is 391 g/mol. The van der Waals surface area contributed by atoms with E-state index in [1.807, 2.05) is 30.3 Å². The lowest BCUT2D eigenvalue weighted by Crippen LogP contribution is -2.35. The van der Waals surface area contributed by atoms with Crippen LogP contribution in [0.3, 0.4) is 0 Å². The molecule has 0 amide bonds. The van der Waals surface area contributed by atoms with Crippen LogP contribution in [0.5, 0.6) is 17.2 Å². The van der Waals surface area contributed by atoms with Gasteiger partial charge in [0.05, 0.1) is 0 Å². The molecule has 4 heteroatoms. The molecule has 0 aromatic heterocycles. The van der Waals surface area contributed by atoms with Gasteiger partial charge in [-0.25, -0.2) is 4.39 Å². The van der Waals surface area contributed by atoms with Crippen LogP contribution in [0.15, 0.2) is 78.9 Å². The number of ether oxygens (including phenoxy) is 2. The zero-order valence-corrected chi connectivity index (χ0v) is 16.5. The topological polar surface area (TPSA) is 21.7 Å². The zero-order chi connectivity index (χ0) is 19.9. The molecule has 0 aliphatic carbocycles. The minimum Gasteiger partial charge on any atom is -0.492 e. The van der Waals surface area contributed by atoms with Crippen molar-refractivity contribution < 1.29 is 13.9 Å². The number of benzene rings is 3. The highest BCUT2D eigenvalue weighted by Gasteiger charge is 2.20. The largest absolute Gasteiger partial charge is 0.492 e. The molecule has 0 N–H and O–H groups in total. The zero-order valence-electron chi connectivity index (χ0n) is 16.5. The molecule has 150 valence electrons. The Bertz CT molecular complexity index is 873. The second-order valence-electron chi connectivity index (χ2n) is 7.40. The number of likely N-dealkylation sites (tertiary alicyclic amines) is 1. The second-order valence-corrected chi connectivity index (χ2v) is 7.40. The minimum absolute atomic E-state index is 0.237. The molecular weight excluding hydrogens is 365 g/mol. The predicted octanol–water partition coefficient (Wildman–Crippen LogP) is 5.88. The standard InChI is InChI=1S/C25H26FNO2/c26-22-8-12-23(13-9-22)28-19-18-27-16-14-21(15-17-27)20-6-10-25(11-7-20)29-24-4-2-1-3-5-24/h1-13,21H,14-19H2. The first-order valence-electron chi connectivity index (χ1n) is 10.2. The lowest BCUT2D eigenvalue weighted by atomic mass is 9.89. The summed E-state index contributed by atoms with van der Waals surface area (Å²) >= 11 is 0. The first kappa shape index (κ1) is 19.5. The Hall–Kier alpha value is -2.85. The molecule has 1 aliphatic heterocycles. The molecule has 1 aliphatic rings. The van der Waals surface area contributed by atoms with E-state index in [0.29, 0.717) is 12.5 Å². The Morgan fingerprint density at radius 3 is 2.07 bits per heavy atom. The molecule has 3 aromatic carbocycles. The van der Waals surface area contributed by atoms with E-state index in [-0.39, 0.29) is 5.82 Å². The van der Waals surface area contributed by atoms with Crippen molar-refractivity contribution in [1.29, 1.82) is 0 Å². The van der Waals surface area contributed by atoms with Gasteiger partial charge in [0.1, 0.15) is 29.7 Å². The number of nitrogens with zero attached hydrogens (tertiary/aromatic N) is 1. The van der Waals surface area contributed by atoms with E-state index in [1.165, 1.54) is 17.7 Å². The van der Waals surface area contributed by atoms with Crippen LogP contribution in [0.4, 0.5) is 4.39 Å². The van der Waals surface area contributed by atoms with Gasteiger partial charge in [0, 0.05) is 6.54 Å². The second kappa shape index (κ2) is 9.57. The molecule has 4 rings (SSSR count). The number of hydrogen-bond acceptors (Lipinski definition) is 3. The molecule has 1 fully saturated rings. The normalized spacial score (nSPS) is 15.2. The molecule has 0 unspecified atom stereocenters. The Kier molecular flexibility index (Phi) is 6.42. The van der Waals surface area contributed by atoms with E-state index in [2.05, 4.69) is 29.2 Å². The van der Waals surface area contributed by atoms with E-state index < -0.39 is 0 Å². The molecule has 0 bridgehead atoms. The molecule has 0 radical (unpaired) electrons. The summed E-state index contributed by atoms with van der Waals surface area (Å²) in [4.78, 5) is 2.44. The Labute approximate surface area is 171 Å². The van der Waals surface area contributed by atoms with Gasteiger partial charge in [-0.15, -0.1) is 0 Å². The maximum atomic E-state index is 12.9. The third kappa shape index (κ3) is 5.58. The van der Waals surface area contributed by atoms with Crippen molar-refractivity contribution in [3.63, 3.8) is 0 Å². The van der Waals surface area contributed by atoms with Gasteiger partial charge in [-0.3, -0.25) is 4.90 Å². The smallest absolute Gasteiger partial charge is 0.127 e. The summed E-state index contributed by atoms with van der Waals surface area (Å²) in [5, 5.41) is 0. The van der Waals surface area contributed by atoms with Gasteiger partial charge in [-0.1, -0.05) is 30.3 Å². The van der Waals surface area contributed by atoms with Crippen LogP contribution in [0, 0.1) is 5.82 Å². The minimum atomic E-state index is -0.237. The van der Waals surface area contributed by atoms with Crippen LogP contribution >= 0.6 is 0 Å². The number of rotatable bonds is 7. The first-order chi connectivity index (χ1) is 14.3. The van der Waals surface area contributed by atoms with E-state index >= 15 is 0 Å². The summed E-state index contributed by atoms with van der Waals surface area (Å²) in [6.45, 7) is 3.66. The maximum absolute atomic E-state index is 12.9. The van der Waals surface area contributed by atoms with E-state index in [4.69, 9.17) is 9.47 Å². The molecular formula is C25H26FNO2. The lowest BCUT2D eigenvalue weighted by molar-refractivity contribution is 0.173. The van der Waals surface area contributed by atoms with Gasteiger partial charge in [0.15, 0.2) is 0 Å². The summed E-state index contributed by atoms with van der Waals surface area (Å²) in [6.07, 6.45) is 2.30. The molecule has 0 saturated carbocycles. The van der Waals surface area contributed by atoms with E-state index in [9.17, 15) is 4.39 Å². The number of piperidine rings is 1. The van der Waals surface area contributed by atoms with Gasteiger partial charge in [-0.2, -0.15) is 0 Å². The maximum Gasteiger partial charge on any atom is 0.127 e. The summed E-state index contributed by atoms with van der Waals surface area (Å²) in [5.41, 5.74) is 1.38.